The molecule has 1 amide bonds. The van der Waals surface area contributed by atoms with Crippen LogP contribution in [0.5, 0.6) is 0 Å². The second-order valence-electron chi connectivity index (χ2n) is 3.71. The average molecular weight is 242 g/mol. The molecule has 0 unspecified atom stereocenters. The molecule has 5 heteroatoms. The highest BCUT2D eigenvalue weighted by Crippen LogP contribution is 2.04. The van der Waals surface area contributed by atoms with Crippen molar-refractivity contribution < 1.29 is 4.79 Å². The highest BCUT2D eigenvalue weighted by molar-refractivity contribution is 5.86. The summed E-state index contributed by atoms with van der Waals surface area (Å²) in [5.74, 6) is -0.176. The van der Waals surface area contributed by atoms with Gasteiger partial charge in [-0.3, -0.25) is 4.79 Å². The summed E-state index contributed by atoms with van der Waals surface area (Å²) < 4.78 is 0. The Morgan fingerprint density at radius 1 is 1.39 bits per heavy atom. The number of hydrogen-bond donors (Lipinski definition) is 1. The first-order chi connectivity index (χ1) is 8.79. The lowest BCUT2D eigenvalue weighted by atomic mass is 10.3. The Hall–Kier alpha value is -2.43. The van der Waals surface area contributed by atoms with Crippen molar-refractivity contribution in [3.8, 4) is 5.69 Å². The number of aromatic nitrogens is 3. The highest BCUT2D eigenvalue weighted by atomic mass is 16.1. The summed E-state index contributed by atoms with van der Waals surface area (Å²) >= 11 is 0. The molecule has 0 fully saturated rings. The fourth-order valence-corrected chi connectivity index (χ4v) is 1.48. The summed E-state index contributed by atoms with van der Waals surface area (Å²) in [4.78, 5) is 12.5. The first-order valence-corrected chi connectivity index (χ1v) is 5.66. The van der Waals surface area contributed by atoms with Gasteiger partial charge < -0.3 is 5.32 Å². The average Bonchev–Trinajstić information content (AvgIpc) is 2.88. The first kappa shape index (κ1) is 12.0. The molecule has 0 aliphatic heterocycles. The molecular formula is C13H14N4O. The third-order valence-electron chi connectivity index (χ3n) is 2.39. The van der Waals surface area contributed by atoms with Crippen molar-refractivity contribution in [2.45, 2.75) is 6.42 Å². The van der Waals surface area contributed by atoms with Gasteiger partial charge >= 0.3 is 0 Å². The van der Waals surface area contributed by atoms with Gasteiger partial charge in [0.25, 0.3) is 0 Å². The third-order valence-corrected chi connectivity index (χ3v) is 2.39. The molecule has 1 N–H and O–H groups in total. The lowest BCUT2D eigenvalue weighted by Gasteiger charge is -1.99. The fourth-order valence-electron chi connectivity index (χ4n) is 1.48. The number of nitrogens with one attached hydrogen (secondary N) is 1. The second kappa shape index (κ2) is 5.77. The molecule has 2 rings (SSSR count). The standard InChI is InChI=1S/C13H14N4O/c1-2-13(18)14-9-8-11-10-15-17(16-11)12-6-4-3-5-7-12/h2-7,10H,1,8-9H2,(H,14,18). The predicted molar refractivity (Wildman–Crippen MR) is 68.3 cm³/mol. The number of carbonyl (C=O) groups excluding carboxylic acids is 1. The smallest absolute Gasteiger partial charge is 0.243 e. The third kappa shape index (κ3) is 3.04. The molecule has 1 aromatic carbocycles. The molecule has 0 radical (unpaired) electrons. The molecule has 5 nitrogen and oxygen atoms in total. The van der Waals surface area contributed by atoms with Crippen LogP contribution in [0.25, 0.3) is 5.69 Å². The normalized spacial score (nSPS) is 10.0. The van der Waals surface area contributed by atoms with Gasteiger partial charge in [0.1, 0.15) is 0 Å². The first-order valence-electron chi connectivity index (χ1n) is 5.66. The molecule has 0 saturated carbocycles. The number of benzene rings is 1. The summed E-state index contributed by atoms with van der Waals surface area (Å²) in [6.07, 6.45) is 3.60. The van der Waals surface area contributed by atoms with Gasteiger partial charge in [-0.2, -0.15) is 15.0 Å². The maximum Gasteiger partial charge on any atom is 0.243 e. The van der Waals surface area contributed by atoms with E-state index in [0.717, 1.165) is 11.4 Å². The van der Waals surface area contributed by atoms with Crippen molar-refractivity contribution in [2.24, 2.45) is 0 Å². The van der Waals surface area contributed by atoms with Crippen LogP contribution in [0.4, 0.5) is 0 Å². The Bertz CT molecular complexity index is 533. The predicted octanol–water partition coefficient (Wildman–Crippen LogP) is 1.11. The molecule has 0 atom stereocenters. The molecule has 0 saturated heterocycles. The molecule has 18 heavy (non-hydrogen) atoms. The van der Waals surface area contributed by atoms with Gasteiger partial charge in [-0.25, -0.2) is 0 Å². The van der Waals surface area contributed by atoms with E-state index in [4.69, 9.17) is 0 Å². The van der Waals surface area contributed by atoms with E-state index in [0.29, 0.717) is 13.0 Å². The van der Waals surface area contributed by atoms with E-state index in [-0.39, 0.29) is 5.91 Å². The molecule has 2 aromatic rings. The van der Waals surface area contributed by atoms with Gasteiger partial charge in [0, 0.05) is 13.0 Å². The van der Waals surface area contributed by atoms with Gasteiger partial charge in [0.2, 0.25) is 5.91 Å². The summed E-state index contributed by atoms with van der Waals surface area (Å²) in [5, 5.41) is 11.2. The monoisotopic (exact) mass is 242 g/mol. The maximum absolute atomic E-state index is 11.0. The number of hydrogen-bond acceptors (Lipinski definition) is 3. The van der Waals surface area contributed by atoms with Crippen molar-refractivity contribution in [1.29, 1.82) is 0 Å². The number of rotatable bonds is 5. The Labute approximate surface area is 105 Å². The molecule has 1 heterocycles. The maximum atomic E-state index is 11.0. The van der Waals surface area contributed by atoms with Gasteiger partial charge in [-0.1, -0.05) is 24.8 Å². The van der Waals surface area contributed by atoms with Gasteiger partial charge in [-0.05, 0) is 18.2 Å². The van der Waals surface area contributed by atoms with Crippen LogP contribution in [0.2, 0.25) is 0 Å². The summed E-state index contributed by atoms with van der Waals surface area (Å²) in [6, 6.07) is 9.68. The Morgan fingerprint density at radius 3 is 2.89 bits per heavy atom. The molecule has 0 spiro atoms. The number of carbonyl (C=O) groups is 1. The molecule has 0 aliphatic rings. The van der Waals surface area contributed by atoms with Crippen LogP contribution < -0.4 is 5.32 Å². The Balaban J connectivity index is 1.95. The van der Waals surface area contributed by atoms with Crippen molar-refractivity contribution in [3.05, 3.63) is 54.9 Å². The highest BCUT2D eigenvalue weighted by Gasteiger charge is 2.02. The van der Waals surface area contributed by atoms with Crippen LogP contribution in [-0.2, 0) is 11.2 Å². The van der Waals surface area contributed by atoms with Crippen molar-refractivity contribution >= 4 is 5.91 Å². The van der Waals surface area contributed by atoms with E-state index in [1.165, 1.54) is 6.08 Å². The van der Waals surface area contributed by atoms with Crippen molar-refractivity contribution in [1.82, 2.24) is 20.3 Å². The second-order valence-corrected chi connectivity index (χ2v) is 3.71. The van der Waals surface area contributed by atoms with Gasteiger partial charge in [0.15, 0.2) is 0 Å². The van der Waals surface area contributed by atoms with Crippen LogP contribution in [0.15, 0.2) is 49.2 Å². The quantitative estimate of drug-likeness (QED) is 0.799. The topological polar surface area (TPSA) is 59.8 Å². The molecule has 1 aromatic heterocycles. The van der Waals surface area contributed by atoms with E-state index >= 15 is 0 Å². The lowest BCUT2D eigenvalue weighted by Crippen LogP contribution is -2.23. The van der Waals surface area contributed by atoms with Crippen LogP contribution in [0, 0.1) is 0 Å². The fraction of sp³-hybridized carbons (Fsp3) is 0.154. The Morgan fingerprint density at radius 2 is 2.17 bits per heavy atom. The van der Waals surface area contributed by atoms with E-state index in [1.807, 2.05) is 30.3 Å². The van der Waals surface area contributed by atoms with Crippen LogP contribution in [0.3, 0.4) is 0 Å². The minimum Gasteiger partial charge on any atom is -0.352 e. The van der Waals surface area contributed by atoms with Gasteiger partial charge in [-0.15, -0.1) is 0 Å². The molecule has 92 valence electrons. The largest absolute Gasteiger partial charge is 0.352 e. The summed E-state index contributed by atoms with van der Waals surface area (Å²) in [6.45, 7) is 3.91. The summed E-state index contributed by atoms with van der Waals surface area (Å²) in [5.41, 5.74) is 1.75. The Kier molecular flexibility index (Phi) is 3.86. The zero-order valence-electron chi connectivity index (χ0n) is 9.91. The minimum atomic E-state index is -0.176. The van der Waals surface area contributed by atoms with E-state index in [9.17, 15) is 4.79 Å². The van der Waals surface area contributed by atoms with Crippen LogP contribution >= 0.6 is 0 Å². The molecule has 0 bridgehead atoms. The molecule has 0 aliphatic carbocycles. The molecular weight excluding hydrogens is 228 g/mol. The number of para-hydroxylation sites is 1. The zero-order chi connectivity index (χ0) is 12.8. The van der Waals surface area contributed by atoms with Crippen LogP contribution in [0.1, 0.15) is 5.69 Å². The van der Waals surface area contributed by atoms with E-state index in [1.54, 1.807) is 11.0 Å². The zero-order valence-corrected chi connectivity index (χ0v) is 9.91. The minimum absolute atomic E-state index is 0.176. The van der Waals surface area contributed by atoms with E-state index < -0.39 is 0 Å². The lowest BCUT2D eigenvalue weighted by molar-refractivity contribution is -0.116. The van der Waals surface area contributed by atoms with E-state index in [2.05, 4.69) is 22.1 Å². The van der Waals surface area contributed by atoms with Crippen molar-refractivity contribution in [2.75, 3.05) is 6.54 Å². The summed E-state index contributed by atoms with van der Waals surface area (Å²) in [7, 11) is 0. The van der Waals surface area contributed by atoms with Crippen LogP contribution in [-0.4, -0.2) is 27.4 Å². The van der Waals surface area contributed by atoms with Crippen molar-refractivity contribution in [3.63, 3.8) is 0 Å². The SMILES string of the molecule is C=CC(=O)NCCc1cnn(-c2ccccc2)n1. The van der Waals surface area contributed by atoms with Gasteiger partial charge in [0.05, 0.1) is 17.6 Å². The number of nitrogens with zero attached hydrogens (tertiary/aromatic N) is 3. The number of amides is 1.